The van der Waals surface area contributed by atoms with Crippen molar-refractivity contribution >= 4 is 11.3 Å². The van der Waals surface area contributed by atoms with E-state index in [0.717, 1.165) is 12.8 Å². The Morgan fingerprint density at radius 1 is 1.62 bits per heavy atom. The molecule has 0 aliphatic carbocycles. The van der Waals surface area contributed by atoms with Gasteiger partial charge >= 0.3 is 0 Å². The summed E-state index contributed by atoms with van der Waals surface area (Å²) in [5.41, 5.74) is 1.27. The first-order chi connectivity index (χ1) is 6.40. The van der Waals surface area contributed by atoms with Gasteiger partial charge in [-0.15, -0.1) is 0 Å². The molecular formula is C10H11NOS. The molecular weight excluding hydrogens is 182 g/mol. The van der Waals surface area contributed by atoms with Crippen molar-refractivity contribution in [2.45, 2.75) is 31.5 Å². The van der Waals surface area contributed by atoms with Gasteiger partial charge in [-0.3, -0.25) is 0 Å². The maximum Gasteiger partial charge on any atom is 0.0838 e. The number of nitriles is 1. The van der Waals surface area contributed by atoms with E-state index in [4.69, 9.17) is 10.00 Å². The smallest absolute Gasteiger partial charge is 0.0838 e. The maximum atomic E-state index is 8.52. The number of hydrogen-bond acceptors (Lipinski definition) is 3. The summed E-state index contributed by atoms with van der Waals surface area (Å²) < 4.78 is 5.73. The van der Waals surface area contributed by atoms with Crippen molar-refractivity contribution in [3.8, 4) is 6.07 Å². The number of thiophene rings is 1. The standard InChI is InChI=1S/C10H11NOS/c11-5-3-9-1-2-10(12-9)8-4-6-13-7-8/h4,6-7,9-10H,1-3H2. The number of hydrogen-bond donors (Lipinski definition) is 0. The Kier molecular flexibility index (Phi) is 2.62. The van der Waals surface area contributed by atoms with Crippen LogP contribution in [0.1, 0.15) is 30.9 Å². The van der Waals surface area contributed by atoms with Crippen LogP contribution in [-0.2, 0) is 4.74 Å². The molecule has 68 valence electrons. The van der Waals surface area contributed by atoms with Crippen LogP contribution in [0.15, 0.2) is 16.8 Å². The average Bonchev–Trinajstić information content (AvgIpc) is 2.70. The molecule has 0 spiro atoms. The Morgan fingerprint density at radius 3 is 3.23 bits per heavy atom. The molecule has 3 heteroatoms. The van der Waals surface area contributed by atoms with Crippen LogP contribution in [-0.4, -0.2) is 6.10 Å². The van der Waals surface area contributed by atoms with Crippen molar-refractivity contribution < 1.29 is 4.74 Å². The summed E-state index contributed by atoms with van der Waals surface area (Å²) in [6.45, 7) is 0. The second-order valence-electron chi connectivity index (χ2n) is 3.24. The van der Waals surface area contributed by atoms with Gasteiger partial charge in [0.1, 0.15) is 0 Å². The van der Waals surface area contributed by atoms with Crippen LogP contribution in [0.2, 0.25) is 0 Å². The molecule has 1 aliphatic heterocycles. The van der Waals surface area contributed by atoms with E-state index in [9.17, 15) is 0 Å². The topological polar surface area (TPSA) is 33.0 Å². The molecule has 1 aliphatic rings. The molecule has 2 atom stereocenters. The minimum atomic E-state index is 0.162. The lowest BCUT2D eigenvalue weighted by atomic mass is 10.1. The van der Waals surface area contributed by atoms with Gasteiger partial charge < -0.3 is 4.74 Å². The molecule has 13 heavy (non-hydrogen) atoms. The van der Waals surface area contributed by atoms with Crippen molar-refractivity contribution in [2.75, 3.05) is 0 Å². The molecule has 0 radical (unpaired) electrons. The Balaban J connectivity index is 1.96. The molecule has 0 aromatic carbocycles. The van der Waals surface area contributed by atoms with Crippen molar-refractivity contribution in [1.29, 1.82) is 5.26 Å². The van der Waals surface area contributed by atoms with E-state index >= 15 is 0 Å². The van der Waals surface area contributed by atoms with Crippen molar-refractivity contribution in [2.24, 2.45) is 0 Å². The van der Waals surface area contributed by atoms with Crippen LogP contribution in [0, 0.1) is 11.3 Å². The monoisotopic (exact) mass is 193 g/mol. The largest absolute Gasteiger partial charge is 0.369 e. The Hall–Kier alpha value is -0.850. The van der Waals surface area contributed by atoms with Crippen LogP contribution in [0.5, 0.6) is 0 Å². The zero-order valence-corrected chi connectivity index (χ0v) is 8.09. The molecule has 1 aromatic rings. The summed E-state index contributed by atoms with van der Waals surface area (Å²) in [7, 11) is 0. The van der Waals surface area contributed by atoms with Gasteiger partial charge in [-0.05, 0) is 35.2 Å². The van der Waals surface area contributed by atoms with E-state index in [2.05, 4.69) is 22.9 Å². The van der Waals surface area contributed by atoms with E-state index in [1.165, 1.54) is 5.56 Å². The van der Waals surface area contributed by atoms with Crippen LogP contribution in [0.3, 0.4) is 0 Å². The Labute approximate surface area is 81.8 Å². The SMILES string of the molecule is N#CCC1CCC(c2ccsc2)O1. The predicted octanol–water partition coefficient (Wildman–Crippen LogP) is 2.88. The third-order valence-electron chi connectivity index (χ3n) is 2.34. The van der Waals surface area contributed by atoms with Gasteiger partial charge in [0.15, 0.2) is 0 Å². The molecule has 0 amide bonds. The second-order valence-corrected chi connectivity index (χ2v) is 4.02. The maximum absolute atomic E-state index is 8.52. The predicted molar refractivity (Wildman–Crippen MR) is 51.4 cm³/mol. The third-order valence-corrected chi connectivity index (χ3v) is 3.04. The highest BCUT2D eigenvalue weighted by molar-refractivity contribution is 7.07. The molecule has 0 saturated carbocycles. The van der Waals surface area contributed by atoms with Gasteiger partial charge in [0.25, 0.3) is 0 Å². The third kappa shape index (κ3) is 1.90. The van der Waals surface area contributed by atoms with Gasteiger partial charge in [0, 0.05) is 0 Å². The minimum Gasteiger partial charge on any atom is -0.369 e. The second kappa shape index (κ2) is 3.91. The van der Waals surface area contributed by atoms with Crippen molar-refractivity contribution in [3.63, 3.8) is 0 Å². The average molecular weight is 193 g/mol. The lowest BCUT2D eigenvalue weighted by Gasteiger charge is -2.09. The fourth-order valence-electron chi connectivity index (χ4n) is 1.66. The van der Waals surface area contributed by atoms with E-state index in [-0.39, 0.29) is 12.2 Å². The van der Waals surface area contributed by atoms with E-state index < -0.39 is 0 Å². The minimum absolute atomic E-state index is 0.162. The van der Waals surface area contributed by atoms with Crippen molar-refractivity contribution in [3.05, 3.63) is 22.4 Å². The Morgan fingerprint density at radius 2 is 2.54 bits per heavy atom. The summed E-state index contributed by atoms with van der Waals surface area (Å²) in [4.78, 5) is 0. The van der Waals surface area contributed by atoms with Gasteiger partial charge in [0.2, 0.25) is 0 Å². The number of ether oxygens (including phenoxy) is 1. The van der Waals surface area contributed by atoms with Crippen LogP contribution in [0.4, 0.5) is 0 Å². The normalized spacial score (nSPS) is 27.3. The summed E-state index contributed by atoms with van der Waals surface area (Å²) in [6.07, 6.45) is 3.01. The lowest BCUT2D eigenvalue weighted by Crippen LogP contribution is -2.04. The molecule has 1 fully saturated rings. The summed E-state index contributed by atoms with van der Waals surface area (Å²) in [5, 5.41) is 12.7. The van der Waals surface area contributed by atoms with Gasteiger partial charge in [-0.25, -0.2) is 0 Å². The van der Waals surface area contributed by atoms with Crippen LogP contribution < -0.4 is 0 Å². The fraction of sp³-hybridized carbons (Fsp3) is 0.500. The lowest BCUT2D eigenvalue weighted by molar-refractivity contribution is 0.0478. The molecule has 2 rings (SSSR count). The van der Waals surface area contributed by atoms with Crippen molar-refractivity contribution in [1.82, 2.24) is 0 Å². The summed E-state index contributed by atoms with van der Waals surface area (Å²) >= 11 is 1.70. The summed E-state index contributed by atoms with van der Waals surface area (Å²) in [6, 6.07) is 4.25. The van der Waals surface area contributed by atoms with Gasteiger partial charge in [-0.1, -0.05) is 0 Å². The van der Waals surface area contributed by atoms with E-state index in [1.54, 1.807) is 11.3 Å². The van der Waals surface area contributed by atoms with Gasteiger partial charge in [-0.2, -0.15) is 16.6 Å². The Bertz CT molecular complexity index is 301. The molecule has 1 aromatic heterocycles. The molecule has 0 bridgehead atoms. The molecule has 2 unspecified atom stereocenters. The first kappa shape index (κ1) is 8.74. The molecule has 2 heterocycles. The van der Waals surface area contributed by atoms with E-state index in [1.807, 2.05) is 0 Å². The molecule has 0 N–H and O–H groups in total. The molecule has 2 nitrogen and oxygen atoms in total. The first-order valence-electron chi connectivity index (χ1n) is 4.44. The fourth-order valence-corrected chi connectivity index (χ4v) is 2.36. The zero-order chi connectivity index (χ0) is 9.10. The highest BCUT2D eigenvalue weighted by Gasteiger charge is 2.26. The zero-order valence-electron chi connectivity index (χ0n) is 7.27. The molecule has 1 saturated heterocycles. The number of nitrogens with zero attached hydrogens (tertiary/aromatic N) is 1. The van der Waals surface area contributed by atoms with Crippen LogP contribution >= 0.6 is 11.3 Å². The van der Waals surface area contributed by atoms with Crippen LogP contribution in [0.25, 0.3) is 0 Å². The summed E-state index contributed by atoms with van der Waals surface area (Å²) in [5.74, 6) is 0. The highest BCUT2D eigenvalue weighted by atomic mass is 32.1. The quantitative estimate of drug-likeness (QED) is 0.723. The van der Waals surface area contributed by atoms with E-state index in [0.29, 0.717) is 6.42 Å². The van der Waals surface area contributed by atoms with Gasteiger partial charge in [0.05, 0.1) is 24.7 Å². The highest BCUT2D eigenvalue weighted by Crippen LogP contribution is 2.34. The number of rotatable bonds is 2. The first-order valence-corrected chi connectivity index (χ1v) is 5.39.